The molecular weight excluding hydrogens is 347 g/mol. The van der Waals surface area contributed by atoms with Gasteiger partial charge in [-0.2, -0.15) is 0 Å². The Bertz CT molecular complexity index is 770. The van der Waals surface area contributed by atoms with Crippen LogP contribution in [-0.2, 0) is 9.59 Å². The highest BCUT2D eigenvalue weighted by Crippen LogP contribution is 2.37. The van der Waals surface area contributed by atoms with Gasteiger partial charge < -0.3 is 10.2 Å². The molecule has 1 aliphatic rings. The molecule has 1 atom stereocenters. The topological polar surface area (TPSA) is 49.4 Å². The third-order valence-electron chi connectivity index (χ3n) is 4.02. The van der Waals surface area contributed by atoms with Gasteiger partial charge in [0, 0.05) is 18.7 Å². The van der Waals surface area contributed by atoms with Gasteiger partial charge in [-0.25, -0.2) is 0 Å². The minimum absolute atomic E-state index is 0.138. The van der Waals surface area contributed by atoms with Gasteiger partial charge in [0.05, 0.1) is 21.7 Å². The molecule has 0 saturated carbocycles. The van der Waals surface area contributed by atoms with Gasteiger partial charge in [-0.3, -0.25) is 9.59 Å². The fourth-order valence-electron chi connectivity index (χ4n) is 2.73. The molecule has 3 rings (SSSR count). The summed E-state index contributed by atoms with van der Waals surface area (Å²) >= 11 is 12.3. The fraction of sp³-hybridized carbons (Fsp3) is 0.222. The van der Waals surface area contributed by atoms with Gasteiger partial charge in [-0.1, -0.05) is 47.0 Å². The van der Waals surface area contributed by atoms with Gasteiger partial charge in [-0.05, 0) is 31.2 Å². The zero-order valence-electron chi connectivity index (χ0n) is 13.1. The summed E-state index contributed by atoms with van der Waals surface area (Å²) in [5, 5.41) is 3.65. The minimum Gasteiger partial charge on any atom is -0.326 e. The van der Waals surface area contributed by atoms with Crippen molar-refractivity contribution < 1.29 is 9.59 Å². The molecule has 0 spiro atoms. The van der Waals surface area contributed by atoms with E-state index >= 15 is 0 Å². The molecule has 1 fully saturated rings. The second-order valence-electron chi connectivity index (χ2n) is 5.83. The van der Waals surface area contributed by atoms with Crippen molar-refractivity contribution in [3.63, 3.8) is 0 Å². The third-order valence-corrected chi connectivity index (χ3v) is 4.63. The van der Waals surface area contributed by atoms with Crippen LogP contribution in [0.25, 0.3) is 0 Å². The van der Waals surface area contributed by atoms with E-state index in [1.807, 2.05) is 31.2 Å². The van der Waals surface area contributed by atoms with Crippen LogP contribution in [0.3, 0.4) is 0 Å². The van der Waals surface area contributed by atoms with Gasteiger partial charge in [0.25, 0.3) is 0 Å². The number of nitrogens with zero attached hydrogens (tertiary/aromatic N) is 1. The highest BCUT2D eigenvalue weighted by molar-refractivity contribution is 6.40. The number of hydrogen-bond donors (Lipinski definition) is 1. The first-order valence-electron chi connectivity index (χ1n) is 7.57. The van der Waals surface area contributed by atoms with Crippen LogP contribution >= 0.6 is 23.2 Å². The van der Waals surface area contributed by atoms with Crippen molar-refractivity contribution >= 4 is 46.4 Å². The normalized spacial score (nSPS) is 17.2. The average Bonchev–Trinajstić information content (AvgIpc) is 2.91. The quantitative estimate of drug-likeness (QED) is 0.884. The largest absolute Gasteiger partial charge is 0.326 e. The number of rotatable bonds is 3. The summed E-state index contributed by atoms with van der Waals surface area (Å²) in [6.07, 6.45) is 0.138. The summed E-state index contributed by atoms with van der Waals surface area (Å²) in [5.41, 5.74) is 2.30. The molecule has 124 valence electrons. The van der Waals surface area contributed by atoms with Gasteiger partial charge >= 0.3 is 0 Å². The van der Waals surface area contributed by atoms with Gasteiger partial charge in [-0.15, -0.1) is 0 Å². The number of nitrogens with one attached hydrogen (secondary N) is 1. The zero-order valence-corrected chi connectivity index (χ0v) is 14.6. The molecule has 2 amide bonds. The molecule has 0 radical (unpaired) electrons. The minimum atomic E-state index is -0.439. The van der Waals surface area contributed by atoms with Crippen LogP contribution in [0.5, 0.6) is 0 Å². The van der Waals surface area contributed by atoms with E-state index in [2.05, 4.69) is 5.32 Å². The molecule has 1 unspecified atom stereocenters. The summed E-state index contributed by atoms with van der Waals surface area (Å²) in [6, 6.07) is 12.6. The second-order valence-corrected chi connectivity index (χ2v) is 6.65. The lowest BCUT2D eigenvalue weighted by molar-refractivity contribution is -0.122. The molecule has 0 bridgehead atoms. The molecule has 24 heavy (non-hydrogen) atoms. The number of aryl methyl sites for hydroxylation is 1. The zero-order chi connectivity index (χ0) is 17.3. The number of anilines is 2. The van der Waals surface area contributed by atoms with Crippen LogP contribution in [0.1, 0.15) is 12.0 Å². The molecule has 0 aliphatic carbocycles. The number of carbonyl (C=O) groups excluding carboxylic acids is 2. The smallest absolute Gasteiger partial charge is 0.229 e. The highest BCUT2D eigenvalue weighted by Gasteiger charge is 2.36. The number of carbonyl (C=O) groups is 2. The number of amides is 2. The van der Waals surface area contributed by atoms with Crippen molar-refractivity contribution in [1.29, 1.82) is 0 Å². The maximum atomic E-state index is 12.4. The summed E-state index contributed by atoms with van der Waals surface area (Å²) < 4.78 is 0. The van der Waals surface area contributed by atoms with E-state index in [0.29, 0.717) is 21.4 Å². The van der Waals surface area contributed by atoms with E-state index in [9.17, 15) is 9.59 Å². The van der Waals surface area contributed by atoms with Crippen LogP contribution in [0, 0.1) is 12.8 Å². The van der Waals surface area contributed by atoms with E-state index in [1.54, 1.807) is 18.2 Å². The lowest BCUT2D eigenvalue weighted by atomic mass is 10.1. The number of para-hydroxylation sites is 1. The fourth-order valence-corrected chi connectivity index (χ4v) is 3.33. The summed E-state index contributed by atoms with van der Waals surface area (Å²) in [5.74, 6) is -0.780. The van der Waals surface area contributed by atoms with Crippen molar-refractivity contribution in [2.75, 3.05) is 16.8 Å². The second kappa shape index (κ2) is 6.83. The van der Waals surface area contributed by atoms with E-state index in [1.165, 1.54) is 4.90 Å². The molecule has 1 aliphatic heterocycles. The highest BCUT2D eigenvalue weighted by atomic mass is 35.5. The molecule has 1 saturated heterocycles. The third kappa shape index (κ3) is 3.40. The van der Waals surface area contributed by atoms with Crippen LogP contribution in [0.15, 0.2) is 42.5 Å². The van der Waals surface area contributed by atoms with Gasteiger partial charge in [0.2, 0.25) is 11.8 Å². The monoisotopic (exact) mass is 362 g/mol. The Morgan fingerprint density at radius 1 is 1.12 bits per heavy atom. The SMILES string of the molecule is Cc1ccc(NC(=O)C2CC(=O)N(c3c(Cl)cccc3Cl)C2)cc1. The van der Waals surface area contributed by atoms with E-state index < -0.39 is 5.92 Å². The average molecular weight is 363 g/mol. The Balaban J connectivity index is 1.74. The van der Waals surface area contributed by atoms with Crippen LogP contribution in [0.2, 0.25) is 10.0 Å². The number of halogens is 2. The Labute approximate surface area is 150 Å². The van der Waals surface area contributed by atoms with Crippen molar-refractivity contribution in [2.45, 2.75) is 13.3 Å². The summed E-state index contributed by atoms with van der Waals surface area (Å²) in [4.78, 5) is 26.2. The maximum absolute atomic E-state index is 12.4. The molecule has 2 aromatic carbocycles. The number of benzene rings is 2. The van der Waals surface area contributed by atoms with Crippen molar-refractivity contribution in [3.05, 3.63) is 58.1 Å². The molecule has 4 nitrogen and oxygen atoms in total. The molecule has 1 N–H and O–H groups in total. The van der Waals surface area contributed by atoms with Crippen molar-refractivity contribution in [2.24, 2.45) is 5.92 Å². The Kier molecular flexibility index (Phi) is 4.78. The number of hydrogen-bond acceptors (Lipinski definition) is 2. The summed E-state index contributed by atoms with van der Waals surface area (Å²) in [7, 11) is 0. The predicted octanol–water partition coefficient (Wildman–Crippen LogP) is 4.29. The van der Waals surface area contributed by atoms with E-state index in [0.717, 1.165) is 5.56 Å². The van der Waals surface area contributed by atoms with Gasteiger partial charge in [0.15, 0.2) is 0 Å². The first kappa shape index (κ1) is 16.8. The van der Waals surface area contributed by atoms with Crippen LogP contribution in [-0.4, -0.2) is 18.4 Å². The Morgan fingerprint density at radius 3 is 2.38 bits per heavy atom. The Morgan fingerprint density at radius 2 is 1.75 bits per heavy atom. The first-order valence-corrected chi connectivity index (χ1v) is 8.33. The van der Waals surface area contributed by atoms with Gasteiger partial charge in [0.1, 0.15) is 0 Å². The standard InChI is InChI=1S/C18H16Cl2N2O2/c1-11-5-7-13(8-6-11)21-18(24)12-9-16(23)22(10-12)17-14(19)3-2-4-15(17)20/h2-8,12H,9-10H2,1H3,(H,21,24). The lowest BCUT2D eigenvalue weighted by Crippen LogP contribution is -2.28. The molecule has 2 aromatic rings. The van der Waals surface area contributed by atoms with Crippen LogP contribution in [0.4, 0.5) is 11.4 Å². The first-order chi connectivity index (χ1) is 11.5. The predicted molar refractivity (Wildman–Crippen MR) is 96.7 cm³/mol. The van der Waals surface area contributed by atoms with Crippen LogP contribution < -0.4 is 10.2 Å². The molecule has 0 aromatic heterocycles. The van der Waals surface area contributed by atoms with E-state index in [4.69, 9.17) is 23.2 Å². The lowest BCUT2D eigenvalue weighted by Gasteiger charge is -2.19. The maximum Gasteiger partial charge on any atom is 0.229 e. The summed E-state index contributed by atoms with van der Waals surface area (Å²) in [6.45, 7) is 2.24. The molecule has 6 heteroatoms. The van der Waals surface area contributed by atoms with Crippen molar-refractivity contribution in [3.8, 4) is 0 Å². The van der Waals surface area contributed by atoms with E-state index in [-0.39, 0.29) is 24.8 Å². The molecular formula is C18H16Cl2N2O2. The Hall–Kier alpha value is -2.04. The van der Waals surface area contributed by atoms with Crippen molar-refractivity contribution in [1.82, 2.24) is 0 Å². The molecule has 1 heterocycles.